The van der Waals surface area contributed by atoms with Gasteiger partial charge >= 0.3 is 5.97 Å². The molecule has 1 aliphatic rings. The minimum Gasteiger partial charge on any atom is -0.461 e. The fourth-order valence-corrected chi connectivity index (χ4v) is 2.08. The summed E-state index contributed by atoms with van der Waals surface area (Å²) < 4.78 is 5.20. The third-order valence-corrected chi connectivity index (χ3v) is 3.32. The van der Waals surface area contributed by atoms with E-state index >= 15 is 0 Å². The number of pyridine rings is 1. The molecule has 0 spiro atoms. The van der Waals surface area contributed by atoms with E-state index in [-0.39, 0.29) is 5.97 Å². The minimum absolute atomic E-state index is 0.334. The van der Waals surface area contributed by atoms with Crippen molar-refractivity contribution in [1.29, 1.82) is 0 Å². The van der Waals surface area contributed by atoms with Crippen LogP contribution < -0.4 is 0 Å². The summed E-state index contributed by atoms with van der Waals surface area (Å²) in [5.41, 5.74) is 0.377. The average Bonchev–Trinajstić information content (AvgIpc) is 2.46. The maximum atomic E-state index is 11.6. The Bertz CT molecular complexity index is 389. The molecule has 0 aliphatic carbocycles. The molecular formula is C14H21N3O2. The second-order valence-electron chi connectivity index (χ2n) is 4.85. The fourth-order valence-electron chi connectivity index (χ4n) is 2.08. The molecule has 1 saturated heterocycles. The molecule has 5 nitrogen and oxygen atoms in total. The number of esters is 1. The zero-order valence-electron chi connectivity index (χ0n) is 11.4. The summed E-state index contributed by atoms with van der Waals surface area (Å²) in [5.74, 6) is -0.334. The molecule has 0 N–H and O–H groups in total. The topological polar surface area (TPSA) is 45.7 Å². The first-order valence-electron chi connectivity index (χ1n) is 6.75. The number of carbonyl (C=O) groups is 1. The van der Waals surface area contributed by atoms with Gasteiger partial charge in [-0.2, -0.15) is 0 Å². The van der Waals surface area contributed by atoms with Crippen LogP contribution in [-0.2, 0) is 4.74 Å². The largest absolute Gasteiger partial charge is 0.461 e. The number of ether oxygens (including phenoxy) is 1. The molecule has 0 aromatic carbocycles. The van der Waals surface area contributed by atoms with Crippen molar-refractivity contribution >= 4 is 5.97 Å². The molecule has 0 saturated carbocycles. The van der Waals surface area contributed by atoms with Gasteiger partial charge in [0.15, 0.2) is 0 Å². The molecule has 0 atom stereocenters. The van der Waals surface area contributed by atoms with Crippen LogP contribution in [0.1, 0.15) is 16.9 Å². The van der Waals surface area contributed by atoms with E-state index in [1.165, 1.54) is 0 Å². The van der Waals surface area contributed by atoms with Crippen molar-refractivity contribution in [1.82, 2.24) is 14.8 Å². The van der Waals surface area contributed by atoms with Crippen LogP contribution >= 0.6 is 0 Å². The summed E-state index contributed by atoms with van der Waals surface area (Å²) in [4.78, 5) is 20.3. The van der Waals surface area contributed by atoms with Crippen molar-refractivity contribution in [2.75, 3.05) is 46.4 Å². The number of aromatic nitrogens is 1. The Labute approximate surface area is 114 Å². The lowest BCUT2D eigenvalue weighted by Crippen LogP contribution is -2.44. The number of rotatable bonds is 5. The lowest BCUT2D eigenvalue weighted by atomic mass is 10.3. The van der Waals surface area contributed by atoms with E-state index in [0.29, 0.717) is 12.3 Å². The maximum absolute atomic E-state index is 11.6. The monoisotopic (exact) mass is 263 g/mol. The van der Waals surface area contributed by atoms with Gasteiger partial charge < -0.3 is 14.5 Å². The predicted octanol–water partition coefficient (Wildman–Crippen LogP) is 0.876. The van der Waals surface area contributed by atoms with Gasteiger partial charge in [0, 0.05) is 38.9 Å². The SMILES string of the molecule is CN1CCN(CCCOC(=O)c2ccccn2)CC1. The molecule has 104 valence electrons. The zero-order valence-corrected chi connectivity index (χ0v) is 11.4. The van der Waals surface area contributed by atoms with E-state index in [1.807, 2.05) is 0 Å². The van der Waals surface area contributed by atoms with Crippen molar-refractivity contribution in [3.8, 4) is 0 Å². The second-order valence-corrected chi connectivity index (χ2v) is 4.85. The van der Waals surface area contributed by atoms with Gasteiger partial charge in [0.25, 0.3) is 0 Å². The standard InChI is InChI=1S/C14H21N3O2/c1-16-8-10-17(11-9-16)7-4-12-19-14(18)13-5-2-3-6-15-13/h2-3,5-6H,4,7-12H2,1H3. The molecule has 0 amide bonds. The molecule has 2 heterocycles. The van der Waals surface area contributed by atoms with Crippen LogP contribution in [0.25, 0.3) is 0 Å². The highest BCUT2D eigenvalue weighted by molar-refractivity contribution is 5.87. The molecule has 19 heavy (non-hydrogen) atoms. The predicted molar refractivity (Wildman–Crippen MR) is 73.1 cm³/mol. The normalized spacial score (nSPS) is 17.3. The van der Waals surface area contributed by atoms with Crippen molar-refractivity contribution < 1.29 is 9.53 Å². The number of piperazine rings is 1. The van der Waals surface area contributed by atoms with E-state index < -0.39 is 0 Å². The summed E-state index contributed by atoms with van der Waals surface area (Å²) in [5, 5.41) is 0. The summed E-state index contributed by atoms with van der Waals surface area (Å²) >= 11 is 0. The zero-order chi connectivity index (χ0) is 13.5. The highest BCUT2D eigenvalue weighted by atomic mass is 16.5. The van der Waals surface area contributed by atoms with Crippen LogP contribution in [-0.4, -0.2) is 67.1 Å². The Morgan fingerprint density at radius 2 is 2.11 bits per heavy atom. The van der Waals surface area contributed by atoms with Gasteiger partial charge in [0.2, 0.25) is 0 Å². The second kappa shape index (κ2) is 7.21. The first-order valence-corrected chi connectivity index (χ1v) is 6.75. The van der Waals surface area contributed by atoms with E-state index in [1.54, 1.807) is 24.4 Å². The van der Waals surface area contributed by atoms with Gasteiger partial charge in [-0.25, -0.2) is 9.78 Å². The lowest BCUT2D eigenvalue weighted by Gasteiger charge is -2.32. The molecule has 0 unspecified atom stereocenters. The Balaban J connectivity index is 1.61. The molecule has 1 aromatic rings. The van der Waals surface area contributed by atoms with Crippen molar-refractivity contribution in [2.45, 2.75) is 6.42 Å². The molecule has 0 bridgehead atoms. The summed E-state index contributed by atoms with van der Waals surface area (Å²) in [6, 6.07) is 5.24. The van der Waals surface area contributed by atoms with Gasteiger partial charge in [-0.15, -0.1) is 0 Å². The number of carbonyl (C=O) groups excluding carboxylic acids is 1. The van der Waals surface area contributed by atoms with Gasteiger partial charge in [-0.3, -0.25) is 0 Å². The molecule has 5 heteroatoms. The van der Waals surface area contributed by atoms with E-state index in [0.717, 1.165) is 39.1 Å². The quantitative estimate of drug-likeness (QED) is 0.583. The first-order chi connectivity index (χ1) is 9.25. The van der Waals surface area contributed by atoms with Gasteiger partial charge in [0.1, 0.15) is 5.69 Å². The van der Waals surface area contributed by atoms with Crippen LogP contribution in [0, 0.1) is 0 Å². The molecule has 1 aliphatic heterocycles. The van der Waals surface area contributed by atoms with Crippen molar-refractivity contribution in [2.24, 2.45) is 0 Å². The van der Waals surface area contributed by atoms with E-state index in [2.05, 4.69) is 21.8 Å². The van der Waals surface area contributed by atoms with Crippen LogP contribution in [0.4, 0.5) is 0 Å². The Morgan fingerprint density at radius 1 is 1.32 bits per heavy atom. The molecular weight excluding hydrogens is 242 g/mol. The Hall–Kier alpha value is -1.46. The number of nitrogens with zero attached hydrogens (tertiary/aromatic N) is 3. The summed E-state index contributed by atoms with van der Waals surface area (Å²) in [6.45, 7) is 5.89. The summed E-state index contributed by atoms with van der Waals surface area (Å²) in [7, 11) is 2.14. The Kier molecular flexibility index (Phi) is 5.30. The number of hydrogen-bond acceptors (Lipinski definition) is 5. The lowest BCUT2D eigenvalue weighted by molar-refractivity contribution is 0.0473. The number of likely N-dealkylation sites (N-methyl/N-ethyl adjacent to an activating group) is 1. The summed E-state index contributed by atoms with van der Waals surface area (Å²) in [6.07, 6.45) is 2.48. The van der Waals surface area contributed by atoms with Crippen LogP contribution in [0.2, 0.25) is 0 Å². The molecule has 0 radical (unpaired) electrons. The van der Waals surface area contributed by atoms with Crippen molar-refractivity contribution in [3.05, 3.63) is 30.1 Å². The smallest absolute Gasteiger partial charge is 0.356 e. The van der Waals surface area contributed by atoms with Crippen LogP contribution in [0.3, 0.4) is 0 Å². The molecule has 1 aromatic heterocycles. The number of hydrogen-bond donors (Lipinski definition) is 0. The third kappa shape index (κ3) is 4.61. The first kappa shape index (κ1) is 14.0. The minimum atomic E-state index is -0.334. The van der Waals surface area contributed by atoms with Gasteiger partial charge in [-0.1, -0.05) is 6.07 Å². The van der Waals surface area contributed by atoms with Crippen molar-refractivity contribution in [3.63, 3.8) is 0 Å². The van der Waals surface area contributed by atoms with E-state index in [4.69, 9.17) is 4.74 Å². The highest BCUT2D eigenvalue weighted by Crippen LogP contribution is 2.01. The van der Waals surface area contributed by atoms with Gasteiger partial charge in [-0.05, 0) is 25.6 Å². The van der Waals surface area contributed by atoms with E-state index in [9.17, 15) is 4.79 Å². The molecule has 2 rings (SSSR count). The van der Waals surface area contributed by atoms with Crippen LogP contribution in [0.5, 0.6) is 0 Å². The van der Waals surface area contributed by atoms with Crippen LogP contribution in [0.15, 0.2) is 24.4 Å². The Morgan fingerprint density at radius 3 is 2.79 bits per heavy atom. The highest BCUT2D eigenvalue weighted by Gasteiger charge is 2.13. The maximum Gasteiger partial charge on any atom is 0.356 e. The van der Waals surface area contributed by atoms with Gasteiger partial charge in [0.05, 0.1) is 6.61 Å². The third-order valence-electron chi connectivity index (χ3n) is 3.32. The molecule has 1 fully saturated rings. The fraction of sp³-hybridized carbons (Fsp3) is 0.571. The average molecular weight is 263 g/mol.